The minimum atomic E-state index is -0.465. The van der Waals surface area contributed by atoms with Crippen LogP contribution in [0.2, 0.25) is 0 Å². The fourth-order valence-corrected chi connectivity index (χ4v) is 1.31. The van der Waals surface area contributed by atoms with Gasteiger partial charge >= 0.3 is 5.97 Å². The Morgan fingerprint density at radius 1 is 1.33 bits per heavy atom. The summed E-state index contributed by atoms with van der Waals surface area (Å²) >= 11 is 0. The predicted molar refractivity (Wildman–Crippen MR) is 69.2 cm³/mol. The lowest BCUT2D eigenvalue weighted by Gasteiger charge is -2.10. The van der Waals surface area contributed by atoms with Crippen molar-refractivity contribution in [3.63, 3.8) is 0 Å². The average Bonchev–Trinajstić information content (AvgIpc) is 2.32. The molecular formula is C13H18N2O3. The summed E-state index contributed by atoms with van der Waals surface area (Å²) in [6.45, 7) is 1.93. The molecule has 0 fully saturated rings. The molecule has 5 nitrogen and oxygen atoms in total. The molecule has 0 radical (unpaired) electrons. The summed E-state index contributed by atoms with van der Waals surface area (Å²) in [7, 11) is 3.32. The molecule has 0 saturated carbocycles. The molecule has 0 unspecified atom stereocenters. The standard InChI is InChI=1S/C13H18N2O3/c1-9-4-5-10(8-11(9)14)13(17)18-7-6-12(16)15(2)3/h4-5,8H,6-7,14H2,1-3H3. The van der Waals surface area contributed by atoms with E-state index < -0.39 is 5.97 Å². The third kappa shape index (κ3) is 3.76. The van der Waals surface area contributed by atoms with Crippen LogP contribution in [-0.2, 0) is 9.53 Å². The molecule has 0 bridgehead atoms. The fraction of sp³-hybridized carbons (Fsp3) is 0.385. The number of carbonyl (C=O) groups is 2. The molecule has 1 amide bonds. The molecule has 0 aliphatic rings. The number of nitrogens with zero attached hydrogens (tertiary/aromatic N) is 1. The van der Waals surface area contributed by atoms with Crippen molar-refractivity contribution in [3.05, 3.63) is 29.3 Å². The van der Waals surface area contributed by atoms with Gasteiger partial charge in [-0.3, -0.25) is 4.79 Å². The Balaban J connectivity index is 2.50. The van der Waals surface area contributed by atoms with Crippen LogP contribution in [0.3, 0.4) is 0 Å². The molecule has 0 aliphatic carbocycles. The van der Waals surface area contributed by atoms with Crippen LogP contribution in [0.5, 0.6) is 0 Å². The summed E-state index contributed by atoms with van der Waals surface area (Å²) in [6.07, 6.45) is 0.181. The Kier molecular flexibility index (Phi) is 4.71. The SMILES string of the molecule is Cc1ccc(C(=O)OCCC(=O)N(C)C)cc1N. The number of nitrogens with two attached hydrogens (primary N) is 1. The average molecular weight is 250 g/mol. The molecule has 5 heteroatoms. The first-order valence-corrected chi connectivity index (χ1v) is 5.65. The smallest absolute Gasteiger partial charge is 0.338 e. The monoisotopic (exact) mass is 250 g/mol. The third-order valence-corrected chi connectivity index (χ3v) is 2.56. The number of hydrogen-bond acceptors (Lipinski definition) is 4. The molecule has 0 heterocycles. The number of amides is 1. The molecule has 0 spiro atoms. The van der Waals surface area contributed by atoms with E-state index in [-0.39, 0.29) is 18.9 Å². The molecule has 0 saturated heterocycles. The minimum Gasteiger partial charge on any atom is -0.462 e. The first kappa shape index (κ1) is 14.0. The summed E-state index contributed by atoms with van der Waals surface area (Å²) in [4.78, 5) is 24.4. The van der Waals surface area contributed by atoms with Gasteiger partial charge in [0.15, 0.2) is 0 Å². The molecule has 1 aromatic carbocycles. The van der Waals surface area contributed by atoms with Gasteiger partial charge in [0.2, 0.25) is 5.91 Å². The number of rotatable bonds is 4. The van der Waals surface area contributed by atoms with Crippen molar-refractivity contribution < 1.29 is 14.3 Å². The first-order chi connectivity index (χ1) is 8.41. The maximum Gasteiger partial charge on any atom is 0.338 e. The van der Waals surface area contributed by atoms with E-state index in [1.54, 1.807) is 32.3 Å². The van der Waals surface area contributed by atoms with Gasteiger partial charge in [0, 0.05) is 19.8 Å². The van der Waals surface area contributed by atoms with Gasteiger partial charge in [-0.25, -0.2) is 4.79 Å². The number of ether oxygens (including phenoxy) is 1. The van der Waals surface area contributed by atoms with Gasteiger partial charge in [-0.05, 0) is 24.6 Å². The molecule has 0 atom stereocenters. The lowest BCUT2D eigenvalue weighted by atomic mass is 10.1. The van der Waals surface area contributed by atoms with Crippen molar-refractivity contribution in [2.24, 2.45) is 0 Å². The van der Waals surface area contributed by atoms with Crippen molar-refractivity contribution in [2.45, 2.75) is 13.3 Å². The van der Waals surface area contributed by atoms with Crippen molar-refractivity contribution in [2.75, 3.05) is 26.4 Å². The van der Waals surface area contributed by atoms with Gasteiger partial charge < -0.3 is 15.4 Å². The number of esters is 1. The van der Waals surface area contributed by atoms with Gasteiger partial charge in [0.05, 0.1) is 12.0 Å². The zero-order valence-corrected chi connectivity index (χ0v) is 10.9. The maximum atomic E-state index is 11.7. The first-order valence-electron chi connectivity index (χ1n) is 5.65. The second-order valence-electron chi connectivity index (χ2n) is 4.25. The van der Waals surface area contributed by atoms with Crippen molar-refractivity contribution in [1.29, 1.82) is 0 Å². The zero-order chi connectivity index (χ0) is 13.7. The molecule has 98 valence electrons. The number of aryl methyl sites for hydroxylation is 1. The summed E-state index contributed by atoms with van der Waals surface area (Å²) < 4.78 is 5.00. The Morgan fingerprint density at radius 2 is 2.00 bits per heavy atom. The van der Waals surface area contributed by atoms with Gasteiger partial charge in [-0.1, -0.05) is 6.07 Å². The number of carbonyl (C=O) groups excluding carboxylic acids is 2. The lowest BCUT2D eigenvalue weighted by Crippen LogP contribution is -2.23. The summed E-state index contributed by atoms with van der Waals surface area (Å²) in [5.74, 6) is -0.542. The maximum absolute atomic E-state index is 11.7. The summed E-state index contributed by atoms with van der Waals surface area (Å²) in [5.41, 5.74) is 7.57. The highest BCUT2D eigenvalue weighted by atomic mass is 16.5. The van der Waals surface area contributed by atoms with Gasteiger partial charge in [0.25, 0.3) is 0 Å². The third-order valence-electron chi connectivity index (χ3n) is 2.56. The largest absolute Gasteiger partial charge is 0.462 e. The van der Waals surface area contributed by atoms with E-state index in [1.807, 2.05) is 6.92 Å². The van der Waals surface area contributed by atoms with E-state index in [9.17, 15) is 9.59 Å². The van der Waals surface area contributed by atoms with Crippen LogP contribution in [0.15, 0.2) is 18.2 Å². The number of hydrogen-bond donors (Lipinski definition) is 1. The summed E-state index contributed by atoms with van der Waals surface area (Å²) in [5, 5.41) is 0. The van der Waals surface area contributed by atoms with Gasteiger partial charge in [0.1, 0.15) is 6.61 Å². The van der Waals surface area contributed by atoms with Crippen LogP contribution in [0.4, 0.5) is 5.69 Å². The van der Waals surface area contributed by atoms with E-state index >= 15 is 0 Å². The van der Waals surface area contributed by atoms with Crippen LogP contribution in [0.1, 0.15) is 22.3 Å². The lowest BCUT2D eigenvalue weighted by molar-refractivity contribution is -0.129. The van der Waals surface area contributed by atoms with Crippen LogP contribution < -0.4 is 5.73 Å². The van der Waals surface area contributed by atoms with Crippen molar-refractivity contribution in [1.82, 2.24) is 4.90 Å². The second kappa shape index (κ2) is 6.05. The highest BCUT2D eigenvalue weighted by Gasteiger charge is 2.10. The second-order valence-corrected chi connectivity index (χ2v) is 4.25. The van der Waals surface area contributed by atoms with E-state index in [4.69, 9.17) is 10.5 Å². The van der Waals surface area contributed by atoms with E-state index in [0.29, 0.717) is 11.3 Å². The van der Waals surface area contributed by atoms with Crippen LogP contribution >= 0.6 is 0 Å². The Labute approximate surface area is 107 Å². The van der Waals surface area contributed by atoms with Crippen LogP contribution in [-0.4, -0.2) is 37.5 Å². The molecule has 18 heavy (non-hydrogen) atoms. The van der Waals surface area contributed by atoms with E-state index in [0.717, 1.165) is 5.56 Å². The predicted octanol–water partition coefficient (Wildman–Crippen LogP) is 1.21. The summed E-state index contributed by atoms with van der Waals surface area (Å²) in [6, 6.07) is 4.99. The van der Waals surface area contributed by atoms with Crippen LogP contribution in [0, 0.1) is 6.92 Å². The van der Waals surface area contributed by atoms with Crippen LogP contribution in [0.25, 0.3) is 0 Å². The quantitative estimate of drug-likeness (QED) is 0.644. The molecule has 0 aromatic heterocycles. The van der Waals surface area contributed by atoms with E-state index in [2.05, 4.69) is 0 Å². The Bertz CT molecular complexity index is 456. The van der Waals surface area contributed by atoms with Crippen molar-refractivity contribution >= 4 is 17.6 Å². The Hall–Kier alpha value is -2.04. The van der Waals surface area contributed by atoms with Crippen molar-refractivity contribution in [3.8, 4) is 0 Å². The van der Waals surface area contributed by atoms with Gasteiger partial charge in [-0.15, -0.1) is 0 Å². The highest BCUT2D eigenvalue weighted by Crippen LogP contribution is 2.13. The highest BCUT2D eigenvalue weighted by molar-refractivity contribution is 5.90. The molecule has 2 N–H and O–H groups in total. The molecule has 1 rings (SSSR count). The minimum absolute atomic E-state index is 0.0730. The Morgan fingerprint density at radius 3 is 2.56 bits per heavy atom. The molecule has 0 aliphatic heterocycles. The number of anilines is 1. The topological polar surface area (TPSA) is 72.6 Å². The molecule has 1 aromatic rings. The zero-order valence-electron chi connectivity index (χ0n) is 10.9. The normalized spacial score (nSPS) is 9.94. The van der Waals surface area contributed by atoms with Gasteiger partial charge in [-0.2, -0.15) is 0 Å². The molecular weight excluding hydrogens is 232 g/mol. The number of benzene rings is 1. The fourth-order valence-electron chi connectivity index (χ4n) is 1.31. The number of nitrogen functional groups attached to an aromatic ring is 1. The van der Waals surface area contributed by atoms with E-state index in [1.165, 1.54) is 4.90 Å².